The van der Waals surface area contributed by atoms with E-state index in [0.29, 0.717) is 31.0 Å². The predicted molar refractivity (Wildman–Crippen MR) is 131 cm³/mol. The van der Waals surface area contributed by atoms with Gasteiger partial charge in [-0.2, -0.15) is 0 Å². The third-order valence-electron chi connectivity index (χ3n) is 5.53. The first kappa shape index (κ1) is 24.3. The number of rotatable bonds is 10. The molecule has 172 valence electrons. The van der Waals surface area contributed by atoms with E-state index >= 15 is 0 Å². The Bertz CT molecular complexity index is 1040. The number of hydrogen-bond donors (Lipinski definition) is 1. The van der Waals surface area contributed by atoms with Crippen LogP contribution < -0.4 is 10.1 Å². The molecule has 0 aliphatic rings. The van der Waals surface area contributed by atoms with E-state index in [1.807, 2.05) is 66.7 Å². The van der Waals surface area contributed by atoms with Crippen LogP contribution in [0.4, 0.5) is 0 Å². The number of benzene rings is 3. The van der Waals surface area contributed by atoms with Gasteiger partial charge in [-0.25, -0.2) is 0 Å². The lowest BCUT2D eigenvalue weighted by atomic mass is 10.1. The summed E-state index contributed by atoms with van der Waals surface area (Å²) in [5, 5.41) is 3.58. The quantitative estimate of drug-likeness (QED) is 0.458. The number of carbonyl (C=O) groups excluding carboxylic acids is 2. The number of hydrogen-bond acceptors (Lipinski definition) is 3. The van der Waals surface area contributed by atoms with Crippen molar-refractivity contribution in [1.82, 2.24) is 10.2 Å². The second-order valence-electron chi connectivity index (χ2n) is 7.88. The zero-order valence-corrected chi connectivity index (χ0v) is 19.7. The van der Waals surface area contributed by atoms with Crippen LogP contribution >= 0.6 is 11.6 Å². The van der Waals surface area contributed by atoms with Gasteiger partial charge in [-0.05, 0) is 54.3 Å². The second-order valence-corrected chi connectivity index (χ2v) is 8.31. The van der Waals surface area contributed by atoms with Crippen LogP contribution in [0.25, 0.3) is 0 Å². The average Bonchev–Trinajstić information content (AvgIpc) is 2.86. The number of nitrogens with one attached hydrogen (secondary N) is 1. The van der Waals surface area contributed by atoms with Crippen molar-refractivity contribution in [2.75, 3.05) is 7.11 Å². The van der Waals surface area contributed by atoms with Crippen molar-refractivity contribution in [1.29, 1.82) is 0 Å². The van der Waals surface area contributed by atoms with Crippen molar-refractivity contribution in [2.24, 2.45) is 0 Å². The number of carbonyl (C=O) groups is 2. The fourth-order valence-corrected chi connectivity index (χ4v) is 3.61. The van der Waals surface area contributed by atoms with Crippen molar-refractivity contribution >= 4 is 23.4 Å². The molecule has 0 aliphatic carbocycles. The Hall–Kier alpha value is -3.31. The van der Waals surface area contributed by atoms with E-state index in [4.69, 9.17) is 16.3 Å². The zero-order chi connectivity index (χ0) is 23.6. The van der Waals surface area contributed by atoms with Crippen LogP contribution in [0.1, 0.15) is 30.0 Å². The summed E-state index contributed by atoms with van der Waals surface area (Å²) in [7, 11) is 1.61. The van der Waals surface area contributed by atoms with Gasteiger partial charge in [0.1, 0.15) is 11.8 Å². The highest BCUT2D eigenvalue weighted by Gasteiger charge is 2.25. The Kier molecular flexibility index (Phi) is 8.90. The SMILES string of the molecule is COc1ccc(CNC(=O)[C@@H](C)N(Cc2ccc(Cl)cc2)C(=O)CCc2ccccc2)cc1. The highest BCUT2D eigenvalue weighted by atomic mass is 35.5. The van der Waals surface area contributed by atoms with E-state index in [0.717, 1.165) is 22.4 Å². The topological polar surface area (TPSA) is 58.6 Å². The van der Waals surface area contributed by atoms with Gasteiger partial charge >= 0.3 is 0 Å². The minimum absolute atomic E-state index is 0.0686. The summed E-state index contributed by atoms with van der Waals surface area (Å²) in [5.41, 5.74) is 2.96. The van der Waals surface area contributed by atoms with Crippen molar-refractivity contribution in [2.45, 2.75) is 38.9 Å². The number of aryl methyl sites for hydroxylation is 1. The molecule has 0 spiro atoms. The molecule has 1 atom stereocenters. The molecule has 3 rings (SSSR count). The molecule has 0 aromatic heterocycles. The Balaban J connectivity index is 1.67. The lowest BCUT2D eigenvalue weighted by Gasteiger charge is -2.29. The standard InChI is InChI=1S/C27H29ClN2O3/c1-20(27(32)29-18-22-10-15-25(33-2)16-11-22)30(19-23-8-13-24(28)14-9-23)26(31)17-12-21-6-4-3-5-7-21/h3-11,13-16,20H,12,17-19H2,1-2H3,(H,29,32)/t20-/m1/s1. The fraction of sp³-hybridized carbons (Fsp3) is 0.259. The van der Waals surface area contributed by atoms with Crippen LogP contribution in [0.15, 0.2) is 78.9 Å². The van der Waals surface area contributed by atoms with Gasteiger partial charge in [-0.3, -0.25) is 9.59 Å². The van der Waals surface area contributed by atoms with E-state index in [2.05, 4.69) is 5.32 Å². The summed E-state index contributed by atoms with van der Waals surface area (Å²) in [6.45, 7) is 2.47. The van der Waals surface area contributed by atoms with Crippen LogP contribution in [0.5, 0.6) is 5.75 Å². The molecule has 33 heavy (non-hydrogen) atoms. The van der Waals surface area contributed by atoms with Gasteiger partial charge in [-0.1, -0.05) is 66.2 Å². The summed E-state index contributed by atoms with van der Waals surface area (Å²) in [6, 6.07) is 24.1. The normalized spacial score (nSPS) is 11.5. The number of amides is 2. The molecule has 0 unspecified atom stereocenters. The van der Waals surface area contributed by atoms with E-state index in [9.17, 15) is 9.59 Å². The summed E-state index contributed by atoms with van der Waals surface area (Å²) in [6.07, 6.45) is 0.949. The van der Waals surface area contributed by atoms with Gasteiger partial charge in [0.25, 0.3) is 0 Å². The summed E-state index contributed by atoms with van der Waals surface area (Å²) in [5.74, 6) is 0.491. The van der Waals surface area contributed by atoms with Crippen molar-refractivity contribution in [3.8, 4) is 5.75 Å². The Labute approximate surface area is 200 Å². The summed E-state index contributed by atoms with van der Waals surface area (Å²) < 4.78 is 5.17. The predicted octanol–water partition coefficient (Wildman–Crippen LogP) is 5.01. The first-order chi connectivity index (χ1) is 16.0. The van der Waals surface area contributed by atoms with E-state index in [1.54, 1.807) is 31.1 Å². The first-order valence-electron chi connectivity index (χ1n) is 10.9. The lowest BCUT2D eigenvalue weighted by molar-refractivity contribution is -0.140. The highest BCUT2D eigenvalue weighted by molar-refractivity contribution is 6.30. The largest absolute Gasteiger partial charge is 0.497 e. The summed E-state index contributed by atoms with van der Waals surface area (Å²) in [4.78, 5) is 27.8. The molecule has 2 amide bonds. The molecule has 3 aromatic rings. The van der Waals surface area contributed by atoms with Gasteiger partial charge in [0.05, 0.1) is 7.11 Å². The summed E-state index contributed by atoms with van der Waals surface area (Å²) >= 11 is 6.01. The highest BCUT2D eigenvalue weighted by Crippen LogP contribution is 2.16. The van der Waals surface area contributed by atoms with E-state index in [-0.39, 0.29) is 11.8 Å². The lowest BCUT2D eigenvalue weighted by Crippen LogP contribution is -2.47. The maximum absolute atomic E-state index is 13.2. The van der Waals surface area contributed by atoms with Crippen molar-refractivity contribution in [3.05, 3.63) is 101 Å². The minimum atomic E-state index is -0.623. The monoisotopic (exact) mass is 464 g/mol. The van der Waals surface area contributed by atoms with Crippen LogP contribution in [-0.2, 0) is 29.1 Å². The molecule has 0 aliphatic heterocycles. The maximum Gasteiger partial charge on any atom is 0.242 e. The van der Waals surface area contributed by atoms with Crippen LogP contribution in [0.2, 0.25) is 5.02 Å². The molecule has 0 fully saturated rings. The molecule has 0 saturated heterocycles. The van der Waals surface area contributed by atoms with Gasteiger partial charge in [0, 0.05) is 24.5 Å². The van der Waals surface area contributed by atoms with Crippen LogP contribution in [-0.4, -0.2) is 29.9 Å². The molecule has 3 aromatic carbocycles. The Morgan fingerprint density at radius 3 is 2.18 bits per heavy atom. The van der Waals surface area contributed by atoms with Gasteiger partial charge in [0.15, 0.2) is 0 Å². The van der Waals surface area contributed by atoms with Crippen molar-refractivity contribution in [3.63, 3.8) is 0 Å². The number of methoxy groups -OCH3 is 1. The fourth-order valence-electron chi connectivity index (χ4n) is 3.49. The molecular weight excluding hydrogens is 436 g/mol. The second kappa shape index (κ2) is 12.1. The maximum atomic E-state index is 13.2. The Morgan fingerprint density at radius 1 is 0.909 bits per heavy atom. The third-order valence-corrected chi connectivity index (χ3v) is 5.78. The molecule has 0 radical (unpaired) electrons. The Morgan fingerprint density at radius 2 is 1.55 bits per heavy atom. The molecule has 0 heterocycles. The van der Waals surface area contributed by atoms with Crippen LogP contribution in [0, 0.1) is 0 Å². The first-order valence-corrected chi connectivity index (χ1v) is 11.3. The zero-order valence-electron chi connectivity index (χ0n) is 19.0. The molecule has 6 heteroatoms. The van der Waals surface area contributed by atoms with E-state index < -0.39 is 6.04 Å². The van der Waals surface area contributed by atoms with Gasteiger partial charge in [0.2, 0.25) is 11.8 Å². The molecule has 1 N–H and O–H groups in total. The van der Waals surface area contributed by atoms with Gasteiger partial charge < -0.3 is 15.0 Å². The smallest absolute Gasteiger partial charge is 0.242 e. The number of halogens is 1. The van der Waals surface area contributed by atoms with Crippen molar-refractivity contribution < 1.29 is 14.3 Å². The minimum Gasteiger partial charge on any atom is -0.497 e. The van der Waals surface area contributed by atoms with E-state index in [1.165, 1.54) is 0 Å². The van der Waals surface area contributed by atoms with Gasteiger partial charge in [-0.15, -0.1) is 0 Å². The molecule has 0 bridgehead atoms. The third kappa shape index (κ3) is 7.36. The molecule has 0 saturated carbocycles. The number of ether oxygens (including phenoxy) is 1. The molecule has 5 nitrogen and oxygen atoms in total. The molecular formula is C27H29ClN2O3. The average molecular weight is 465 g/mol. The van der Waals surface area contributed by atoms with Crippen LogP contribution in [0.3, 0.4) is 0 Å². The number of nitrogens with zero attached hydrogens (tertiary/aromatic N) is 1.